The molecule has 0 aliphatic heterocycles. The van der Waals surface area contributed by atoms with E-state index in [9.17, 15) is 4.79 Å². The summed E-state index contributed by atoms with van der Waals surface area (Å²) >= 11 is 7.77. The number of thiazole rings is 1. The van der Waals surface area contributed by atoms with E-state index >= 15 is 0 Å². The monoisotopic (exact) mass is 453 g/mol. The molecule has 0 bridgehead atoms. The molecule has 29 heavy (non-hydrogen) atoms. The fourth-order valence-corrected chi connectivity index (χ4v) is 4.11. The summed E-state index contributed by atoms with van der Waals surface area (Å²) in [5, 5.41) is 1.12. The summed E-state index contributed by atoms with van der Waals surface area (Å²) in [6.07, 6.45) is 0.837. The summed E-state index contributed by atoms with van der Waals surface area (Å²) in [6.45, 7) is 4.02. The molecule has 2 aromatic carbocycles. The van der Waals surface area contributed by atoms with Crippen molar-refractivity contribution < 1.29 is 9.53 Å². The molecule has 0 saturated carbocycles. The Kier molecular flexibility index (Phi) is 8.71. The van der Waals surface area contributed by atoms with E-state index in [0.29, 0.717) is 28.9 Å². The number of amides is 1. The number of carbonyl (C=O) groups is 1. The molecule has 5 nitrogen and oxygen atoms in total. The van der Waals surface area contributed by atoms with E-state index in [-0.39, 0.29) is 18.3 Å². The Hall–Kier alpha value is -1.86. The Morgan fingerprint density at radius 3 is 2.62 bits per heavy atom. The molecule has 0 radical (unpaired) electrons. The minimum absolute atomic E-state index is 0. The number of carbonyl (C=O) groups excluding carboxylic acids is 1. The van der Waals surface area contributed by atoms with Crippen molar-refractivity contribution in [2.24, 2.45) is 0 Å². The molecule has 1 aromatic heterocycles. The molecule has 0 unspecified atom stereocenters. The van der Waals surface area contributed by atoms with Crippen molar-refractivity contribution in [3.05, 3.63) is 53.1 Å². The van der Waals surface area contributed by atoms with Crippen LogP contribution < -0.4 is 9.64 Å². The third-order valence-corrected chi connectivity index (χ3v) is 5.60. The molecule has 0 N–H and O–H groups in total. The van der Waals surface area contributed by atoms with Gasteiger partial charge >= 0.3 is 0 Å². The maximum absolute atomic E-state index is 13.3. The zero-order valence-corrected chi connectivity index (χ0v) is 19.1. The zero-order valence-electron chi connectivity index (χ0n) is 16.7. The standard InChI is InChI=1S/C21H24ClN3O2S.ClH/c1-4-27-15-10-11-18-19(14-15)28-21(23-18)25(13-7-12-24(2)3)20(26)16-8-5-6-9-17(16)22;/h5-6,8-11,14H,4,7,12-13H2,1-3H3;1H. The first-order valence-electron chi connectivity index (χ1n) is 9.24. The van der Waals surface area contributed by atoms with E-state index in [1.54, 1.807) is 17.0 Å². The summed E-state index contributed by atoms with van der Waals surface area (Å²) in [5.41, 5.74) is 1.34. The lowest BCUT2D eigenvalue weighted by atomic mass is 10.2. The number of rotatable bonds is 8. The molecule has 0 atom stereocenters. The molecule has 0 aliphatic rings. The van der Waals surface area contributed by atoms with Crippen LogP contribution >= 0.6 is 35.3 Å². The minimum atomic E-state index is -0.131. The van der Waals surface area contributed by atoms with E-state index < -0.39 is 0 Å². The number of benzene rings is 2. The molecular weight excluding hydrogens is 429 g/mol. The van der Waals surface area contributed by atoms with Crippen molar-refractivity contribution in [2.45, 2.75) is 13.3 Å². The van der Waals surface area contributed by atoms with Gasteiger partial charge in [0.05, 0.1) is 27.4 Å². The smallest absolute Gasteiger partial charge is 0.261 e. The lowest BCUT2D eigenvalue weighted by molar-refractivity contribution is 0.0986. The molecule has 0 aliphatic carbocycles. The van der Waals surface area contributed by atoms with Crippen LogP contribution in [0.4, 0.5) is 5.13 Å². The zero-order chi connectivity index (χ0) is 20.1. The summed E-state index contributed by atoms with van der Waals surface area (Å²) in [6, 6.07) is 12.9. The van der Waals surface area contributed by atoms with Crippen molar-refractivity contribution in [1.29, 1.82) is 0 Å². The largest absolute Gasteiger partial charge is 0.494 e. The number of nitrogens with zero attached hydrogens (tertiary/aromatic N) is 3. The molecule has 0 saturated heterocycles. The van der Waals surface area contributed by atoms with Gasteiger partial charge in [-0.1, -0.05) is 35.1 Å². The summed E-state index contributed by atoms with van der Waals surface area (Å²) in [5.74, 6) is 0.676. The summed E-state index contributed by atoms with van der Waals surface area (Å²) in [4.78, 5) is 21.8. The number of fused-ring (bicyclic) bond motifs is 1. The van der Waals surface area contributed by atoms with Crippen molar-refractivity contribution in [3.63, 3.8) is 0 Å². The van der Waals surface area contributed by atoms with Crippen LogP contribution in [-0.4, -0.2) is 49.6 Å². The molecular formula is C21H25Cl2N3O2S. The van der Waals surface area contributed by atoms with Gasteiger partial charge in [-0.05, 0) is 64.3 Å². The molecule has 3 aromatic rings. The highest BCUT2D eigenvalue weighted by atomic mass is 35.5. The first-order valence-corrected chi connectivity index (χ1v) is 10.4. The highest BCUT2D eigenvalue weighted by Gasteiger charge is 2.23. The Morgan fingerprint density at radius 2 is 1.93 bits per heavy atom. The Labute approximate surface area is 186 Å². The van der Waals surface area contributed by atoms with Crippen LogP contribution in [0.1, 0.15) is 23.7 Å². The predicted molar refractivity (Wildman–Crippen MR) is 124 cm³/mol. The Morgan fingerprint density at radius 1 is 1.17 bits per heavy atom. The van der Waals surface area contributed by atoms with Crippen LogP contribution in [0.2, 0.25) is 5.02 Å². The normalized spacial score (nSPS) is 10.8. The van der Waals surface area contributed by atoms with E-state index in [0.717, 1.165) is 28.9 Å². The molecule has 3 rings (SSSR count). The Balaban J connectivity index is 0.00000300. The van der Waals surface area contributed by atoms with Gasteiger partial charge in [-0.2, -0.15) is 0 Å². The highest BCUT2D eigenvalue weighted by molar-refractivity contribution is 7.22. The maximum Gasteiger partial charge on any atom is 0.261 e. The highest BCUT2D eigenvalue weighted by Crippen LogP contribution is 2.33. The van der Waals surface area contributed by atoms with Crippen LogP contribution in [0.3, 0.4) is 0 Å². The third-order valence-electron chi connectivity index (χ3n) is 4.23. The van der Waals surface area contributed by atoms with Gasteiger partial charge in [-0.25, -0.2) is 4.98 Å². The quantitative estimate of drug-likeness (QED) is 0.459. The fourth-order valence-electron chi connectivity index (χ4n) is 2.87. The molecule has 1 amide bonds. The number of halogens is 2. The molecule has 1 heterocycles. The van der Waals surface area contributed by atoms with Gasteiger partial charge in [0.15, 0.2) is 5.13 Å². The maximum atomic E-state index is 13.3. The summed E-state index contributed by atoms with van der Waals surface area (Å²) in [7, 11) is 4.04. The van der Waals surface area contributed by atoms with Crippen LogP contribution in [0, 0.1) is 0 Å². The average Bonchev–Trinajstić information content (AvgIpc) is 3.08. The van der Waals surface area contributed by atoms with Crippen molar-refractivity contribution >= 4 is 56.6 Å². The van der Waals surface area contributed by atoms with Crippen LogP contribution in [0.25, 0.3) is 10.2 Å². The van der Waals surface area contributed by atoms with Crippen molar-refractivity contribution in [2.75, 3.05) is 38.7 Å². The second-order valence-electron chi connectivity index (χ2n) is 6.65. The third kappa shape index (κ3) is 5.82. The first kappa shape index (κ1) is 23.4. The van der Waals surface area contributed by atoms with E-state index in [2.05, 4.69) is 4.90 Å². The first-order chi connectivity index (χ1) is 13.5. The lowest BCUT2D eigenvalue weighted by Gasteiger charge is -2.21. The van der Waals surface area contributed by atoms with Gasteiger partial charge in [0, 0.05) is 6.54 Å². The predicted octanol–water partition coefficient (Wildman–Crippen LogP) is 5.37. The molecule has 8 heteroatoms. The number of ether oxygens (including phenoxy) is 1. The number of anilines is 1. The van der Waals surface area contributed by atoms with Crippen LogP contribution in [0.5, 0.6) is 5.75 Å². The van der Waals surface area contributed by atoms with Gasteiger partial charge in [0.2, 0.25) is 0 Å². The average molecular weight is 454 g/mol. The number of hydrogen-bond donors (Lipinski definition) is 0. The van der Waals surface area contributed by atoms with E-state index in [1.165, 1.54) is 11.3 Å². The lowest BCUT2D eigenvalue weighted by Crippen LogP contribution is -2.33. The van der Waals surface area contributed by atoms with Crippen LogP contribution in [0.15, 0.2) is 42.5 Å². The Bertz CT molecular complexity index is 962. The second-order valence-corrected chi connectivity index (χ2v) is 8.07. The van der Waals surface area contributed by atoms with Gasteiger partial charge < -0.3 is 9.64 Å². The van der Waals surface area contributed by atoms with Gasteiger partial charge in [-0.15, -0.1) is 12.4 Å². The van der Waals surface area contributed by atoms with E-state index in [4.69, 9.17) is 21.3 Å². The second kappa shape index (κ2) is 10.8. The SMILES string of the molecule is CCOc1ccc2nc(N(CCCN(C)C)C(=O)c3ccccc3Cl)sc2c1.Cl. The van der Waals surface area contributed by atoms with E-state index in [1.807, 2.05) is 51.4 Å². The molecule has 156 valence electrons. The number of hydrogen-bond acceptors (Lipinski definition) is 5. The van der Waals surface area contributed by atoms with Crippen molar-refractivity contribution in [1.82, 2.24) is 9.88 Å². The van der Waals surface area contributed by atoms with Gasteiger partial charge in [0.25, 0.3) is 5.91 Å². The topological polar surface area (TPSA) is 45.7 Å². The number of aromatic nitrogens is 1. The van der Waals surface area contributed by atoms with Crippen molar-refractivity contribution in [3.8, 4) is 5.75 Å². The fraction of sp³-hybridized carbons (Fsp3) is 0.333. The van der Waals surface area contributed by atoms with Gasteiger partial charge in [-0.3, -0.25) is 9.69 Å². The minimum Gasteiger partial charge on any atom is -0.494 e. The molecule has 0 spiro atoms. The van der Waals surface area contributed by atoms with Crippen LogP contribution in [-0.2, 0) is 0 Å². The molecule has 0 fully saturated rings. The summed E-state index contributed by atoms with van der Waals surface area (Å²) < 4.78 is 6.57. The van der Waals surface area contributed by atoms with Gasteiger partial charge in [0.1, 0.15) is 5.75 Å².